The second-order valence-corrected chi connectivity index (χ2v) is 16.1. The van der Waals surface area contributed by atoms with Crippen molar-refractivity contribution in [3.8, 4) is 0 Å². The molecule has 1 N–H and O–H groups in total. The molecule has 3 aromatic rings. The summed E-state index contributed by atoms with van der Waals surface area (Å²) in [7, 11) is -3.17. The van der Waals surface area contributed by atoms with E-state index in [1.165, 1.54) is 67.7 Å². The van der Waals surface area contributed by atoms with Crippen LogP contribution in [0.25, 0.3) is 0 Å². The normalized spacial score (nSPS) is 15.2. The van der Waals surface area contributed by atoms with Crippen LogP contribution in [0.3, 0.4) is 0 Å². The fourth-order valence-corrected chi connectivity index (χ4v) is 6.67. The molecule has 0 amide bonds. The molecular formula is C40H61N3O3S. The van der Waals surface area contributed by atoms with Gasteiger partial charge in [-0.3, -0.25) is 4.72 Å². The molecule has 0 spiro atoms. The largest absolute Gasteiger partial charge is 0.378 e. The Bertz CT molecular complexity index is 1380. The van der Waals surface area contributed by atoms with Crippen molar-refractivity contribution in [1.82, 2.24) is 0 Å². The zero-order chi connectivity index (χ0) is 34.2. The van der Waals surface area contributed by atoms with Gasteiger partial charge in [0.1, 0.15) is 0 Å². The molecule has 260 valence electrons. The number of morpholine rings is 1. The van der Waals surface area contributed by atoms with Gasteiger partial charge in [0.25, 0.3) is 0 Å². The fourth-order valence-electron chi connectivity index (χ4n) is 6.12. The van der Waals surface area contributed by atoms with E-state index in [0.717, 1.165) is 50.5 Å². The van der Waals surface area contributed by atoms with Gasteiger partial charge in [0, 0.05) is 43.2 Å². The Balaban J connectivity index is 0.000000208. The number of sulfonamides is 1. The summed E-state index contributed by atoms with van der Waals surface area (Å²) in [6.07, 6.45) is 8.53. The maximum absolute atomic E-state index is 11.0. The van der Waals surface area contributed by atoms with E-state index in [9.17, 15) is 8.42 Å². The Morgan fingerprint density at radius 1 is 0.617 bits per heavy atom. The lowest BCUT2D eigenvalue weighted by Crippen LogP contribution is -2.36. The molecular weight excluding hydrogens is 603 g/mol. The van der Waals surface area contributed by atoms with Gasteiger partial charge in [0.2, 0.25) is 10.0 Å². The second-order valence-electron chi connectivity index (χ2n) is 14.4. The molecule has 47 heavy (non-hydrogen) atoms. The van der Waals surface area contributed by atoms with Crippen LogP contribution in [0.15, 0.2) is 72.8 Å². The summed E-state index contributed by atoms with van der Waals surface area (Å²) in [6, 6.07) is 25.3. The van der Waals surface area contributed by atoms with Crippen molar-refractivity contribution in [2.75, 3.05) is 60.2 Å². The molecule has 0 atom stereocenters. The third kappa shape index (κ3) is 15.6. The molecule has 2 heterocycles. The molecule has 7 heteroatoms. The van der Waals surface area contributed by atoms with Gasteiger partial charge in [-0.1, -0.05) is 84.0 Å². The minimum Gasteiger partial charge on any atom is -0.378 e. The number of benzene rings is 3. The van der Waals surface area contributed by atoms with E-state index in [-0.39, 0.29) is 0 Å². The number of piperidine rings is 1. The lowest BCUT2D eigenvalue weighted by molar-refractivity contribution is 0.122. The van der Waals surface area contributed by atoms with Gasteiger partial charge in [-0.15, -0.1) is 0 Å². The number of hydrogen-bond acceptors (Lipinski definition) is 5. The van der Waals surface area contributed by atoms with Crippen molar-refractivity contribution in [2.24, 2.45) is 17.8 Å². The molecule has 5 rings (SSSR count). The predicted octanol–water partition coefficient (Wildman–Crippen LogP) is 8.85. The lowest BCUT2D eigenvalue weighted by Gasteiger charge is -2.33. The van der Waals surface area contributed by atoms with Gasteiger partial charge < -0.3 is 14.5 Å². The van der Waals surface area contributed by atoms with Crippen LogP contribution in [-0.4, -0.2) is 54.1 Å². The quantitative estimate of drug-likeness (QED) is 0.235. The Hall–Kier alpha value is -3.03. The summed E-state index contributed by atoms with van der Waals surface area (Å²) in [5.74, 6) is 2.04. The maximum Gasteiger partial charge on any atom is 0.229 e. The summed E-state index contributed by atoms with van der Waals surface area (Å²) in [6.45, 7) is 19.6. The van der Waals surface area contributed by atoms with E-state index in [4.69, 9.17) is 4.74 Å². The van der Waals surface area contributed by atoms with Crippen LogP contribution >= 0.6 is 0 Å². The molecule has 2 aliphatic heterocycles. The average Bonchev–Trinajstić information content (AvgIpc) is 3.01. The predicted molar refractivity (Wildman–Crippen MR) is 203 cm³/mol. The SMILES string of the molecule is CC(C)Cc1cc(N2CCCCC2)cc(N2CCOCC2)c1.CC(C)Cc1cccc(NS(C)(=O)=O)c1.CC(C)Cc1ccccc1. The van der Waals surface area contributed by atoms with Crippen molar-refractivity contribution in [3.63, 3.8) is 0 Å². The van der Waals surface area contributed by atoms with Crippen LogP contribution in [-0.2, 0) is 34.0 Å². The molecule has 2 fully saturated rings. The average molecular weight is 664 g/mol. The third-order valence-electron chi connectivity index (χ3n) is 8.06. The second kappa shape index (κ2) is 19.7. The van der Waals surface area contributed by atoms with E-state index < -0.39 is 10.0 Å². The first-order valence-electron chi connectivity index (χ1n) is 17.7. The summed E-state index contributed by atoms with van der Waals surface area (Å²) < 4.78 is 30.0. The van der Waals surface area contributed by atoms with E-state index >= 15 is 0 Å². The number of anilines is 3. The smallest absolute Gasteiger partial charge is 0.229 e. The van der Waals surface area contributed by atoms with Gasteiger partial charge in [-0.05, 0) is 103 Å². The Morgan fingerprint density at radius 3 is 1.68 bits per heavy atom. The first-order valence-corrected chi connectivity index (χ1v) is 19.6. The highest BCUT2D eigenvalue weighted by atomic mass is 32.2. The van der Waals surface area contributed by atoms with Crippen LogP contribution in [0, 0.1) is 17.8 Å². The van der Waals surface area contributed by atoms with E-state index in [1.807, 2.05) is 18.2 Å². The topological polar surface area (TPSA) is 61.9 Å². The molecule has 2 saturated heterocycles. The van der Waals surface area contributed by atoms with Gasteiger partial charge in [0.15, 0.2) is 0 Å². The third-order valence-corrected chi connectivity index (χ3v) is 8.67. The zero-order valence-electron chi connectivity index (χ0n) is 30.2. The monoisotopic (exact) mass is 663 g/mol. The molecule has 6 nitrogen and oxygen atoms in total. The minimum absolute atomic E-state index is 0.568. The minimum atomic E-state index is -3.17. The van der Waals surface area contributed by atoms with Crippen LogP contribution in [0.1, 0.15) is 77.5 Å². The number of nitrogens with one attached hydrogen (secondary N) is 1. The van der Waals surface area contributed by atoms with Crippen molar-refractivity contribution in [1.29, 1.82) is 0 Å². The molecule has 2 aliphatic rings. The Morgan fingerprint density at radius 2 is 1.13 bits per heavy atom. The van der Waals surface area contributed by atoms with Crippen molar-refractivity contribution in [3.05, 3.63) is 89.5 Å². The van der Waals surface area contributed by atoms with Gasteiger partial charge in [0.05, 0.1) is 19.5 Å². The Labute approximate surface area is 287 Å². The fraction of sp³-hybridized carbons (Fsp3) is 0.550. The summed E-state index contributed by atoms with van der Waals surface area (Å²) in [4.78, 5) is 5.07. The lowest BCUT2D eigenvalue weighted by atomic mass is 10.0. The molecule has 0 radical (unpaired) electrons. The van der Waals surface area contributed by atoms with Crippen LogP contribution in [0.4, 0.5) is 17.1 Å². The highest BCUT2D eigenvalue weighted by molar-refractivity contribution is 7.92. The van der Waals surface area contributed by atoms with Gasteiger partial charge >= 0.3 is 0 Å². The van der Waals surface area contributed by atoms with Crippen molar-refractivity contribution >= 4 is 27.1 Å². The number of hydrogen-bond donors (Lipinski definition) is 1. The summed E-state index contributed by atoms with van der Waals surface area (Å²) in [5.41, 5.74) is 7.53. The van der Waals surface area contributed by atoms with E-state index in [0.29, 0.717) is 17.5 Å². The molecule has 0 bridgehead atoms. The maximum atomic E-state index is 11.0. The number of ether oxygens (including phenoxy) is 1. The van der Waals surface area contributed by atoms with Crippen molar-refractivity contribution in [2.45, 2.75) is 80.1 Å². The molecule has 0 unspecified atom stereocenters. The molecule has 0 aromatic heterocycles. The van der Waals surface area contributed by atoms with E-state index in [1.54, 1.807) is 6.07 Å². The number of nitrogens with zero attached hydrogens (tertiary/aromatic N) is 2. The summed E-state index contributed by atoms with van der Waals surface area (Å²) >= 11 is 0. The summed E-state index contributed by atoms with van der Waals surface area (Å²) in [5, 5.41) is 0. The first-order chi connectivity index (χ1) is 22.4. The zero-order valence-corrected chi connectivity index (χ0v) is 31.0. The van der Waals surface area contributed by atoms with Crippen molar-refractivity contribution < 1.29 is 13.2 Å². The van der Waals surface area contributed by atoms with E-state index in [2.05, 4.69) is 105 Å². The highest BCUT2D eigenvalue weighted by Gasteiger charge is 2.17. The molecule has 0 saturated carbocycles. The first kappa shape index (κ1) is 38.4. The van der Waals surface area contributed by atoms with Gasteiger partial charge in [-0.25, -0.2) is 8.42 Å². The molecule has 3 aromatic carbocycles. The standard InChI is InChI=1S/C19H30N2O.C11H17NO2S.C10H14/c1-16(2)12-17-13-18(20-6-4-3-5-7-20)15-19(14-17)21-8-10-22-11-9-21;1-9(2)7-10-5-4-6-11(8-10)12-15(3,13)14;1-9(2)8-10-6-4-3-5-7-10/h13-16H,3-12H2,1-2H3;4-6,8-9,12H,7H2,1-3H3;3-7,9H,8H2,1-2H3. The van der Waals surface area contributed by atoms with Gasteiger partial charge in [-0.2, -0.15) is 0 Å². The van der Waals surface area contributed by atoms with Crippen LogP contribution < -0.4 is 14.5 Å². The molecule has 0 aliphatic carbocycles. The number of rotatable bonds is 10. The van der Waals surface area contributed by atoms with Crippen LogP contribution in [0.2, 0.25) is 0 Å². The highest BCUT2D eigenvalue weighted by Crippen LogP contribution is 2.29. The van der Waals surface area contributed by atoms with Crippen LogP contribution in [0.5, 0.6) is 0 Å². The Kier molecular flexibility index (Phi) is 16.1.